The molecule has 4 unspecified atom stereocenters. The number of alkyl halides is 2. The predicted molar refractivity (Wildman–Crippen MR) is 88.3 cm³/mol. The topological polar surface area (TPSA) is 0 Å². The molecule has 0 N–H and O–H groups in total. The smallest absolute Gasteiger partial charge is 0.0752 e. The second-order valence-corrected chi connectivity index (χ2v) is 8.65. The molecule has 0 heterocycles. The van der Waals surface area contributed by atoms with Crippen LogP contribution in [0.2, 0.25) is 0 Å². The van der Waals surface area contributed by atoms with Crippen LogP contribution in [0.3, 0.4) is 0 Å². The highest BCUT2D eigenvalue weighted by Crippen LogP contribution is 2.50. The first-order valence-corrected chi connectivity index (χ1v) is 9.16. The Bertz CT molecular complexity index is 367. The van der Waals surface area contributed by atoms with Crippen LogP contribution in [0, 0.1) is 11.8 Å². The lowest BCUT2D eigenvalue weighted by Crippen LogP contribution is -2.28. The number of hydrogen-bond donors (Lipinski definition) is 0. The first-order valence-electron chi connectivity index (χ1n) is 5.82. The van der Waals surface area contributed by atoms with Crippen LogP contribution in [-0.4, -0.2) is 9.65 Å². The van der Waals surface area contributed by atoms with Crippen molar-refractivity contribution in [1.29, 1.82) is 0 Å². The summed E-state index contributed by atoms with van der Waals surface area (Å²) in [5, 5.41) is 2.19. The van der Waals surface area contributed by atoms with Gasteiger partial charge in [-0.2, -0.15) is 0 Å². The molecule has 0 radical (unpaired) electrons. The predicted octanol–water partition coefficient (Wildman–Crippen LogP) is 6.71. The zero-order valence-electron chi connectivity index (χ0n) is 9.41. The molecule has 1 fully saturated rings. The molecule has 6 heteroatoms. The van der Waals surface area contributed by atoms with E-state index < -0.39 is 0 Å². The van der Waals surface area contributed by atoms with Crippen LogP contribution >= 0.6 is 78.3 Å². The minimum Gasteiger partial charge on any atom is -0.0879 e. The van der Waals surface area contributed by atoms with Gasteiger partial charge in [-0.25, -0.2) is 0 Å². The monoisotopic (exact) mass is 454 g/mol. The molecule has 0 aliphatic heterocycles. The fourth-order valence-corrected chi connectivity index (χ4v) is 4.93. The maximum absolute atomic E-state index is 6.35. The summed E-state index contributed by atoms with van der Waals surface area (Å²) >= 11 is 32.4. The summed E-state index contributed by atoms with van der Waals surface area (Å²) in [5.41, 5.74) is 0. The molecule has 0 spiro atoms. The largest absolute Gasteiger partial charge is 0.0879 e. The Labute approximate surface area is 144 Å². The molecule has 102 valence electrons. The molecule has 2 aliphatic carbocycles. The van der Waals surface area contributed by atoms with Crippen molar-refractivity contribution in [3.05, 3.63) is 20.1 Å². The zero-order chi connectivity index (χ0) is 13.4. The van der Waals surface area contributed by atoms with E-state index in [1.807, 2.05) is 0 Å². The summed E-state index contributed by atoms with van der Waals surface area (Å²) in [6, 6.07) is 0. The van der Waals surface area contributed by atoms with E-state index in [1.165, 1.54) is 0 Å². The van der Waals surface area contributed by atoms with Crippen molar-refractivity contribution in [2.45, 2.75) is 35.3 Å². The van der Waals surface area contributed by atoms with Crippen molar-refractivity contribution in [3.8, 4) is 0 Å². The molecule has 0 bridgehead atoms. The Hall–Kier alpha value is 1.60. The van der Waals surface area contributed by atoms with Crippen LogP contribution in [0.25, 0.3) is 0 Å². The summed E-state index contributed by atoms with van der Waals surface area (Å²) in [6.07, 6.45) is 4.02. The molecule has 4 atom stereocenters. The number of hydrogen-bond acceptors (Lipinski definition) is 0. The van der Waals surface area contributed by atoms with E-state index >= 15 is 0 Å². The van der Waals surface area contributed by atoms with E-state index in [4.69, 9.17) is 46.4 Å². The first kappa shape index (κ1) is 16.0. The molecular formula is C12H12Br2Cl4. The van der Waals surface area contributed by atoms with Crippen molar-refractivity contribution in [3.63, 3.8) is 0 Å². The summed E-state index contributed by atoms with van der Waals surface area (Å²) in [5.74, 6) is 0.406. The Morgan fingerprint density at radius 1 is 0.667 bits per heavy atom. The van der Waals surface area contributed by atoms with Crippen molar-refractivity contribution in [1.82, 2.24) is 0 Å². The highest BCUT2D eigenvalue weighted by Gasteiger charge is 2.37. The van der Waals surface area contributed by atoms with Gasteiger partial charge in [0, 0.05) is 31.6 Å². The fourth-order valence-electron chi connectivity index (χ4n) is 2.58. The average Bonchev–Trinajstić information content (AvgIpc) is 2.35. The van der Waals surface area contributed by atoms with Crippen LogP contribution in [-0.2, 0) is 0 Å². The normalized spacial score (nSPS) is 38.3. The molecule has 1 saturated carbocycles. The van der Waals surface area contributed by atoms with Gasteiger partial charge in [-0.15, -0.1) is 0 Å². The van der Waals surface area contributed by atoms with Crippen LogP contribution in [0.1, 0.15) is 25.7 Å². The molecule has 0 aromatic rings. The molecule has 18 heavy (non-hydrogen) atoms. The quantitative estimate of drug-likeness (QED) is 0.354. The van der Waals surface area contributed by atoms with Gasteiger partial charge < -0.3 is 0 Å². The van der Waals surface area contributed by atoms with E-state index in [0.717, 1.165) is 25.7 Å². The van der Waals surface area contributed by atoms with E-state index in [0.29, 0.717) is 29.8 Å². The molecule has 0 saturated heterocycles. The van der Waals surface area contributed by atoms with Gasteiger partial charge in [-0.1, -0.05) is 78.3 Å². The van der Waals surface area contributed by atoms with Gasteiger partial charge in [-0.3, -0.25) is 0 Å². The second kappa shape index (κ2) is 6.58. The highest BCUT2D eigenvalue weighted by molar-refractivity contribution is 9.12. The molecule has 0 aromatic carbocycles. The fraction of sp³-hybridized carbons (Fsp3) is 0.667. The third-order valence-electron chi connectivity index (χ3n) is 3.65. The molecule has 0 aromatic heterocycles. The van der Waals surface area contributed by atoms with Crippen molar-refractivity contribution < 1.29 is 0 Å². The first-order chi connectivity index (χ1) is 8.43. The van der Waals surface area contributed by atoms with Gasteiger partial charge in [0.05, 0.1) is 10.1 Å². The van der Waals surface area contributed by atoms with Crippen LogP contribution < -0.4 is 0 Å². The Morgan fingerprint density at radius 3 is 1.33 bits per heavy atom. The van der Waals surface area contributed by atoms with E-state index in [9.17, 15) is 0 Å². The summed E-state index contributed by atoms with van der Waals surface area (Å²) in [6.45, 7) is 0. The molecular weight excluding hydrogens is 446 g/mol. The Morgan fingerprint density at radius 2 is 1.00 bits per heavy atom. The van der Waals surface area contributed by atoms with Crippen molar-refractivity contribution >= 4 is 78.3 Å². The number of rotatable bonds is 0. The van der Waals surface area contributed by atoms with Crippen LogP contribution in [0.4, 0.5) is 0 Å². The minimum absolute atomic E-state index is 0.203. The van der Waals surface area contributed by atoms with Gasteiger partial charge in [0.25, 0.3) is 0 Å². The lowest BCUT2D eigenvalue weighted by molar-refractivity contribution is 0.357. The molecule has 0 amide bonds. The lowest BCUT2D eigenvalue weighted by Gasteiger charge is -2.35. The third kappa shape index (κ3) is 3.09. The maximum atomic E-state index is 6.35. The second-order valence-electron chi connectivity index (χ2n) is 4.72. The number of allylic oxidation sites excluding steroid dienone is 4. The minimum atomic E-state index is 0.203. The number of fused-ring (bicyclic) bond motifs is 1. The summed E-state index contributed by atoms with van der Waals surface area (Å²) < 4.78 is 0. The van der Waals surface area contributed by atoms with Gasteiger partial charge in [0.2, 0.25) is 0 Å². The number of halogens is 6. The van der Waals surface area contributed by atoms with Crippen molar-refractivity contribution in [2.75, 3.05) is 0 Å². The zero-order valence-corrected chi connectivity index (χ0v) is 15.6. The average molecular weight is 458 g/mol. The Kier molecular flexibility index (Phi) is 5.84. The van der Waals surface area contributed by atoms with E-state index in [2.05, 4.69) is 31.9 Å². The van der Waals surface area contributed by atoms with Gasteiger partial charge in [0.1, 0.15) is 0 Å². The summed E-state index contributed by atoms with van der Waals surface area (Å²) in [4.78, 5) is 0.920. The van der Waals surface area contributed by atoms with Crippen LogP contribution in [0.15, 0.2) is 20.1 Å². The Balaban J connectivity index is 2.30. The molecule has 0 nitrogen and oxygen atoms in total. The molecule has 2 rings (SSSR count). The maximum Gasteiger partial charge on any atom is 0.0752 e. The SMILES string of the molecule is ClC1=C(Cl)C2CCC(Br)C(Br)CCC2C(Cl)=C1Cl. The van der Waals surface area contributed by atoms with Crippen LogP contribution in [0.5, 0.6) is 0 Å². The third-order valence-corrected chi connectivity index (χ3v) is 8.56. The highest BCUT2D eigenvalue weighted by atomic mass is 79.9. The van der Waals surface area contributed by atoms with Gasteiger partial charge in [-0.05, 0) is 25.7 Å². The molecule has 2 aliphatic rings. The summed E-state index contributed by atoms with van der Waals surface area (Å²) in [7, 11) is 0. The van der Waals surface area contributed by atoms with Crippen molar-refractivity contribution in [2.24, 2.45) is 11.8 Å². The van der Waals surface area contributed by atoms with Gasteiger partial charge >= 0.3 is 0 Å². The van der Waals surface area contributed by atoms with Gasteiger partial charge in [0.15, 0.2) is 0 Å². The van der Waals surface area contributed by atoms with E-state index in [-0.39, 0.29) is 11.8 Å². The standard InChI is InChI=1S/C12H12Br2Cl4/c13-7-3-1-5-6(2-4-8(7)14)10(16)12(18)11(17)9(5)15/h5-8H,1-4H2. The van der Waals surface area contributed by atoms with E-state index in [1.54, 1.807) is 0 Å². The lowest BCUT2D eigenvalue weighted by atomic mass is 9.79.